The van der Waals surface area contributed by atoms with Crippen LogP contribution in [0.1, 0.15) is 0 Å². The summed E-state index contributed by atoms with van der Waals surface area (Å²) in [5.41, 5.74) is 2.22. The number of oxazole rings is 1. The van der Waals surface area contributed by atoms with Gasteiger partial charge in [-0.2, -0.15) is 0 Å². The van der Waals surface area contributed by atoms with Crippen LogP contribution in [-0.4, -0.2) is 4.98 Å². The predicted molar refractivity (Wildman–Crippen MR) is 83.2 cm³/mol. The van der Waals surface area contributed by atoms with Crippen LogP contribution in [0.2, 0.25) is 5.02 Å². The number of hydrogen-bond acceptors (Lipinski definition) is 4. The van der Waals surface area contributed by atoms with Crippen molar-refractivity contribution in [1.29, 1.82) is 0 Å². The van der Waals surface area contributed by atoms with Crippen molar-refractivity contribution >= 4 is 22.7 Å². The van der Waals surface area contributed by atoms with Gasteiger partial charge in [-0.25, -0.2) is 4.98 Å². The van der Waals surface area contributed by atoms with Gasteiger partial charge in [-0.05, 0) is 42.5 Å². The Morgan fingerprint density at radius 1 is 0.955 bits per heavy atom. The summed E-state index contributed by atoms with van der Waals surface area (Å²) in [7, 11) is 0. The van der Waals surface area contributed by atoms with E-state index < -0.39 is 0 Å². The minimum atomic E-state index is 0.495. The van der Waals surface area contributed by atoms with Crippen molar-refractivity contribution in [3.63, 3.8) is 0 Å². The molecule has 0 aliphatic heterocycles. The maximum Gasteiger partial charge on any atom is 0.182 e. The molecule has 5 heteroatoms. The van der Waals surface area contributed by atoms with Crippen LogP contribution in [0.4, 0.5) is 0 Å². The molecule has 0 aliphatic carbocycles. The average molecular weight is 312 g/mol. The van der Waals surface area contributed by atoms with Crippen LogP contribution in [0.25, 0.3) is 22.4 Å². The van der Waals surface area contributed by atoms with Crippen molar-refractivity contribution < 1.29 is 13.6 Å². The predicted octanol–water partition coefficient (Wildman–Crippen LogP) is 5.53. The topological polar surface area (TPSA) is 48.4 Å². The van der Waals surface area contributed by atoms with Crippen molar-refractivity contribution in [3.05, 3.63) is 66.2 Å². The maximum absolute atomic E-state index is 6.31. The summed E-state index contributed by atoms with van der Waals surface area (Å²) in [6.07, 6.45) is 3.01. The Balaban J connectivity index is 1.70. The highest BCUT2D eigenvalue weighted by Gasteiger charge is 2.11. The first-order valence-corrected chi connectivity index (χ1v) is 7.02. The van der Waals surface area contributed by atoms with Crippen molar-refractivity contribution in [2.75, 3.05) is 0 Å². The molecule has 2 aromatic heterocycles. The van der Waals surface area contributed by atoms with Gasteiger partial charge in [0.15, 0.2) is 23.2 Å². The number of furan rings is 1. The number of rotatable bonds is 3. The molecule has 0 unspecified atom stereocenters. The molecule has 4 rings (SSSR count). The smallest absolute Gasteiger partial charge is 0.182 e. The first-order chi connectivity index (χ1) is 10.8. The summed E-state index contributed by atoms with van der Waals surface area (Å²) in [4.78, 5) is 4.15. The molecule has 22 heavy (non-hydrogen) atoms. The monoisotopic (exact) mass is 311 g/mol. The Labute approximate surface area is 130 Å². The van der Waals surface area contributed by atoms with E-state index in [1.807, 2.05) is 36.4 Å². The van der Waals surface area contributed by atoms with Crippen LogP contribution in [-0.2, 0) is 0 Å². The Morgan fingerprint density at radius 2 is 1.91 bits per heavy atom. The molecule has 4 aromatic rings. The van der Waals surface area contributed by atoms with Gasteiger partial charge in [0, 0.05) is 5.56 Å². The summed E-state index contributed by atoms with van der Waals surface area (Å²) in [6.45, 7) is 0. The number of ether oxygens (including phenoxy) is 1. The highest BCUT2D eigenvalue weighted by atomic mass is 35.5. The number of halogens is 1. The molecule has 0 spiro atoms. The van der Waals surface area contributed by atoms with Gasteiger partial charge in [-0.1, -0.05) is 17.7 Å². The third-order valence-electron chi connectivity index (χ3n) is 3.28. The second-order valence-electron chi connectivity index (χ2n) is 4.68. The zero-order valence-corrected chi connectivity index (χ0v) is 12.1. The van der Waals surface area contributed by atoms with Gasteiger partial charge in [0.2, 0.25) is 0 Å². The maximum atomic E-state index is 6.31. The number of aromatic nitrogens is 1. The molecule has 0 aliphatic rings. The van der Waals surface area contributed by atoms with Crippen LogP contribution in [0.3, 0.4) is 0 Å². The van der Waals surface area contributed by atoms with E-state index in [9.17, 15) is 0 Å². The Bertz CT molecular complexity index is 928. The molecular formula is C17H10ClNO3. The van der Waals surface area contributed by atoms with Crippen LogP contribution in [0.15, 0.2) is 70.0 Å². The van der Waals surface area contributed by atoms with Gasteiger partial charge in [0.25, 0.3) is 0 Å². The van der Waals surface area contributed by atoms with Gasteiger partial charge in [0.05, 0.1) is 11.3 Å². The zero-order chi connectivity index (χ0) is 14.9. The summed E-state index contributed by atoms with van der Waals surface area (Å²) in [5.74, 6) is 1.90. The van der Waals surface area contributed by atoms with E-state index in [0.29, 0.717) is 27.6 Å². The lowest BCUT2D eigenvalue weighted by Crippen LogP contribution is -1.87. The second-order valence-corrected chi connectivity index (χ2v) is 5.09. The Hall–Kier alpha value is -2.72. The third kappa shape index (κ3) is 2.23. The van der Waals surface area contributed by atoms with Gasteiger partial charge in [-0.15, -0.1) is 0 Å². The summed E-state index contributed by atoms with van der Waals surface area (Å²) >= 11 is 6.31. The molecule has 0 amide bonds. The van der Waals surface area contributed by atoms with E-state index in [1.165, 1.54) is 6.39 Å². The Kier molecular flexibility index (Phi) is 3.09. The van der Waals surface area contributed by atoms with Crippen molar-refractivity contribution in [2.45, 2.75) is 0 Å². The van der Waals surface area contributed by atoms with Crippen LogP contribution in [0.5, 0.6) is 11.5 Å². The molecule has 0 saturated carbocycles. The molecule has 108 valence electrons. The lowest BCUT2D eigenvalue weighted by molar-refractivity contribution is 0.487. The fourth-order valence-electron chi connectivity index (χ4n) is 2.24. The normalized spacial score (nSPS) is 11.0. The lowest BCUT2D eigenvalue weighted by Gasteiger charge is -2.08. The SMILES string of the molecule is Clc1cc(-c2ccco2)ccc1Oc1cccc2ocnc12. The molecule has 0 saturated heterocycles. The summed E-state index contributed by atoms with van der Waals surface area (Å²) in [6, 6.07) is 14.7. The van der Waals surface area contributed by atoms with E-state index in [4.69, 9.17) is 25.2 Å². The van der Waals surface area contributed by atoms with Crippen molar-refractivity contribution in [2.24, 2.45) is 0 Å². The first-order valence-electron chi connectivity index (χ1n) is 6.65. The first kappa shape index (κ1) is 13.0. The fourth-order valence-corrected chi connectivity index (χ4v) is 2.46. The molecule has 4 nitrogen and oxygen atoms in total. The molecular weight excluding hydrogens is 302 g/mol. The molecule has 2 aromatic carbocycles. The number of hydrogen-bond donors (Lipinski definition) is 0. The minimum Gasteiger partial charge on any atom is -0.464 e. The quantitative estimate of drug-likeness (QED) is 0.499. The second kappa shape index (κ2) is 5.24. The molecule has 0 fully saturated rings. The highest BCUT2D eigenvalue weighted by molar-refractivity contribution is 6.32. The molecule has 0 N–H and O–H groups in total. The summed E-state index contributed by atoms with van der Waals surface area (Å²) < 4.78 is 16.5. The van der Waals surface area contributed by atoms with Gasteiger partial charge in [-0.3, -0.25) is 0 Å². The largest absolute Gasteiger partial charge is 0.464 e. The molecule has 2 heterocycles. The van der Waals surface area contributed by atoms with E-state index in [1.54, 1.807) is 18.4 Å². The van der Waals surface area contributed by atoms with Gasteiger partial charge >= 0.3 is 0 Å². The van der Waals surface area contributed by atoms with Gasteiger partial charge < -0.3 is 13.6 Å². The van der Waals surface area contributed by atoms with Crippen molar-refractivity contribution in [3.8, 4) is 22.8 Å². The standard InChI is InChI=1S/C17H10ClNO3/c18-12-9-11(13-5-2-8-20-13)6-7-14(12)22-16-4-1-3-15-17(16)19-10-21-15/h1-10H. The van der Waals surface area contributed by atoms with E-state index in [0.717, 1.165) is 11.3 Å². The third-order valence-corrected chi connectivity index (χ3v) is 3.58. The van der Waals surface area contributed by atoms with Crippen LogP contribution >= 0.6 is 11.6 Å². The van der Waals surface area contributed by atoms with Gasteiger partial charge in [0.1, 0.15) is 11.5 Å². The fraction of sp³-hybridized carbons (Fsp3) is 0. The number of nitrogens with zero attached hydrogens (tertiary/aromatic N) is 1. The Morgan fingerprint density at radius 3 is 2.73 bits per heavy atom. The number of benzene rings is 2. The van der Waals surface area contributed by atoms with Crippen LogP contribution < -0.4 is 4.74 Å². The number of para-hydroxylation sites is 1. The molecule has 0 radical (unpaired) electrons. The van der Waals surface area contributed by atoms with E-state index >= 15 is 0 Å². The summed E-state index contributed by atoms with van der Waals surface area (Å²) in [5, 5.41) is 0.495. The zero-order valence-electron chi connectivity index (χ0n) is 11.3. The highest BCUT2D eigenvalue weighted by Crippen LogP contribution is 2.35. The van der Waals surface area contributed by atoms with Crippen molar-refractivity contribution in [1.82, 2.24) is 4.98 Å². The minimum absolute atomic E-state index is 0.495. The van der Waals surface area contributed by atoms with Crippen LogP contribution in [0, 0.1) is 0 Å². The number of fused-ring (bicyclic) bond motifs is 1. The average Bonchev–Trinajstić information content (AvgIpc) is 3.20. The van der Waals surface area contributed by atoms with E-state index in [2.05, 4.69) is 4.98 Å². The van der Waals surface area contributed by atoms with E-state index in [-0.39, 0.29) is 0 Å². The molecule has 0 atom stereocenters. The lowest BCUT2D eigenvalue weighted by atomic mass is 10.1. The molecule has 0 bridgehead atoms.